The minimum Gasteiger partial charge on any atom is -0.494 e. The molecule has 0 fully saturated rings. The number of azide groups is 2. The van der Waals surface area contributed by atoms with Crippen molar-refractivity contribution >= 4 is 17.5 Å². The van der Waals surface area contributed by atoms with Crippen molar-refractivity contribution in [2.24, 2.45) is 15.2 Å². The molecule has 0 radical (unpaired) electrons. The Kier molecular flexibility index (Phi) is 12.9. The van der Waals surface area contributed by atoms with Crippen molar-refractivity contribution in [3.63, 3.8) is 0 Å². The lowest BCUT2D eigenvalue weighted by atomic mass is 9.80. The van der Waals surface area contributed by atoms with Crippen molar-refractivity contribution in [3.8, 4) is 17.2 Å². The van der Waals surface area contributed by atoms with Gasteiger partial charge in [0, 0.05) is 47.1 Å². The molecule has 5 rings (SSSR count). The molecule has 0 saturated carbocycles. The van der Waals surface area contributed by atoms with Gasteiger partial charge < -0.3 is 24.1 Å². The highest BCUT2D eigenvalue weighted by atomic mass is 16.5. The van der Waals surface area contributed by atoms with Gasteiger partial charge in [-0.05, 0) is 76.1 Å². The fourth-order valence-corrected chi connectivity index (χ4v) is 5.89. The molecule has 0 unspecified atom stereocenters. The van der Waals surface area contributed by atoms with Crippen LogP contribution in [0.2, 0.25) is 0 Å². The maximum absolute atomic E-state index is 14.7. The van der Waals surface area contributed by atoms with E-state index in [1.807, 2.05) is 42.5 Å². The van der Waals surface area contributed by atoms with Crippen LogP contribution in [0.25, 0.3) is 20.9 Å². The first-order chi connectivity index (χ1) is 25.5. The molecule has 0 spiro atoms. The molecule has 15 nitrogen and oxygen atoms in total. The summed E-state index contributed by atoms with van der Waals surface area (Å²) in [6, 6.07) is 26.9. The quantitative estimate of drug-likeness (QED) is 0.0340. The number of aliphatic hydroxyl groups is 1. The number of ether oxygens (including phenoxy) is 4. The molecule has 268 valence electrons. The van der Waals surface area contributed by atoms with Crippen molar-refractivity contribution < 1.29 is 28.8 Å². The van der Waals surface area contributed by atoms with Gasteiger partial charge in [0.2, 0.25) is 5.90 Å². The van der Waals surface area contributed by atoms with Crippen LogP contribution in [0.5, 0.6) is 17.2 Å². The number of hydrazine groups is 1. The Bertz CT molecular complexity index is 1980. The predicted molar refractivity (Wildman–Crippen MR) is 194 cm³/mol. The van der Waals surface area contributed by atoms with Crippen molar-refractivity contribution in [2.45, 2.75) is 37.5 Å². The van der Waals surface area contributed by atoms with E-state index in [2.05, 4.69) is 30.9 Å². The third-order valence-corrected chi connectivity index (χ3v) is 8.46. The zero-order valence-corrected chi connectivity index (χ0v) is 28.8. The number of rotatable bonds is 18. The minimum atomic E-state index is -1.64. The van der Waals surface area contributed by atoms with Gasteiger partial charge in [-0.25, -0.2) is 10.4 Å². The number of hydrogen-bond donors (Lipinski definition) is 3. The summed E-state index contributed by atoms with van der Waals surface area (Å²) in [6.07, 6.45) is 0.0208. The average Bonchev–Trinajstić information content (AvgIpc) is 3.57. The summed E-state index contributed by atoms with van der Waals surface area (Å²) in [7, 11) is 3.14. The number of hydrogen-bond acceptors (Lipinski definition) is 10. The van der Waals surface area contributed by atoms with E-state index in [0.717, 1.165) is 5.56 Å². The van der Waals surface area contributed by atoms with Gasteiger partial charge in [-0.3, -0.25) is 10.2 Å². The molecule has 0 bridgehead atoms. The van der Waals surface area contributed by atoms with Crippen LogP contribution >= 0.6 is 0 Å². The molecule has 2 atom stereocenters. The van der Waals surface area contributed by atoms with Gasteiger partial charge in [-0.2, -0.15) is 0 Å². The van der Waals surface area contributed by atoms with Crippen LogP contribution in [0.4, 0.5) is 5.69 Å². The molecule has 1 aliphatic heterocycles. The highest BCUT2D eigenvalue weighted by Crippen LogP contribution is 2.44. The normalized spacial score (nSPS) is 16.1. The number of methoxy groups -OCH3 is 2. The molecule has 1 aliphatic rings. The van der Waals surface area contributed by atoms with E-state index in [9.17, 15) is 10.3 Å². The summed E-state index contributed by atoms with van der Waals surface area (Å²) in [5, 5.41) is 16.8. The number of benzene rings is 4. The second kappa shape index (κ2) is 18.1. The summed E-state index contributed by atoms with van der Waals surface area (Å²) in [5.74, 6) is 1.50. The molecular weight excluding hydrogens is 666 g/mol. The van der Waals surface area contributed by atoms with Crippen LogP contribution in [0.15, 0.2) is 106 Å². The summed E-state index contributed by atoms with van der Waals surface area (Å²) >= 11 is 0. The summed E-state index contributed by atoms with van der Waals surface area (Å²) in [5.41, 5.74) is 26.5. The van der Waals surface area contributed by atoms with Gasteiger partial charge in [0.25, 0.3) is 5.91 Å². The Balaban J connectivity index is 1.55. The SMILES string of the molecule is COc1ccc(CCNNC(=O)[C@@]2(Cc3ccccc3N=[N+]=[N-])N=C(c3ccc(OCCCO)cc3)O[C@H]2c2ccccc2CN=[N+]=[N-])cc1OC. The second-order valence-electron chi connectivity index (χ2n) is 11.7. The molecule has 4 aromatic rings. The molecule has 1 heterocycles. The third-order valence-electron chi connectivity index (χ3n) is 8.46. The molecule has 0 aliphatic carbocycles. The summed E-state index contributed by atoms with van der Waals surface area (Å²) in [6.45, 7) is 0.742. The Morgan fingerprint density at radius 1 is 0.962 bits per heavy atom. The van der Waals surface area contributed by atoms with Crippen molar-refractivity contribution in [3.05, 3.63) is 140 Å². The Morgan fingerprint density at radius 2 is 1.71 bits per heavy atom. The number of carbonyl (C=O) groups is 1. The molecule has 0 saturated heterocycles. The fourth-order valence-electron chi connectivity index (χ4n) is 5.89. The van der Waals surface area contributed by atoms with Crippen LogP contribution < -0.4 is 25.1 Å². The number of carbonyl (C=O) groups excluding carboxylic acids is 1. The lowest BCUT2D eigenvalue weighted by molar-refractivity contribution is -0.130. The van der Waals surface area contributed by atoms with E-state index >= 15 is 0 Å². The molecule has 0 aromatic heterocycles. The topological polar surface area (TPSA) is 208 Å². The number of amides is 1. The van der Waals surface area contributed by atoms with Crippen molar-refractivity contribution in [1.82, 2.24) is 10.9 Å². The third kappa shape index (κ3) is 8.73. The lowest BCUT2D eigenvalue weighted by Gasteiger charge is -2.32. The molecular formula is C37H39N9O6. The number of aliphatic hydroxyl groups excluding tert-OH is 1. The van der Waals surface area contributed by atoms with Crippen molar-refractivity contribution in [2.75, 3.05) is 34.0 Å². The largest absolute Gasteiger partial charge is 0.494 e. The fraction of sp³-hybridized carbons (Fsp3) is 0.297. The molecule has 3 N–H and O–H groups in total. The van der Waals surface area contributed by atoms with E-state index in [4.69, 9.17) is 34.6 Å². The van der Waals surface area contributed by atoms with E-state index in [1.165, 1.54) is 0 Å². The van der Waals surface area contributed by atoms with E-state index < -0.39 is 17.6 Å². The van der Waals surface area contributed by atoms with E-state index in [1.54, 1.807) is 62.8 Å². The maximum atomic E-state index is 14.7. The van der Waals surface area contributed by atoms with Gasteiger partial charge in [-0.15, -0.1) is 0 Å². The number of nitrogens with zero attached hydrogens (tertiary/aromatic N) is 7. The first kappa shape index (κ1) is 37.0. The summed E-state index contributed by atoms with van der Waals surface area (Å²) < 4.78 is 23.1. The molecule has 52 heavy (non-hydrogen) atoms. The maximum Gasteiger partial charge on any atom is 0.266 e. The van der Waals surface area contributed by atoms with Crippen molar-refractivity contribution in [1.29, 1.82) is 0 Å². The highest BCUT2D eigenvalue weighted by Gasteiger charge is 2.54. The highest BCUT2D eigenvalue weighted by molar-refractivity contribution is 6.01. The first-order valence-electron chi connectivity index (χ1n) is 16.5. The summed E-state index contributed by atoms with van der Waals surface area (Å²) in [4.78, 5) is 25.7. The second-order valence-corrected chi connectivity index (χ2v) is 11.7. The van der Waals surface area contributed by atoms with Gasteiger partial charge in [-0.1, -0.05) is 64.8 Å². The van der Waals surface area contributed by atoms with E-state index in [-0.39, 0.29) is 25.5 Å². The molecule has 4 aromatic carbocycles. The Hall–Kier alpha value is -6.24. The van der Waals surface area contributed by atoms with Crippen LogP contribution in [0.3, 0.4) is 0 Å². The smallest absolute Gasteiger partial charge is 0.266 e. The zero-order valence-electron chi connectivity index (χ0n) is 28.8. The monoisotopic (exact) mass is 705 g/mol. The van der Waals surface area contributed by atoms with Crippen LogP contribution in [0, 0.1) is 0 Å². The van der Waals surface area contributed by atoms with Gasteiger partial charge in [0.15, 0.2) is 23.1 Å². The lowest BCUT2D eigenvalue weighted by Crippen LogP contribution is -2.54. The van der Waals surface area contributed by atoms with Crippen LogP contribution in [0.1, 0.15) is 40.3 Å². The Morgan fingerprint density at radius 3 is 2.44 bits per heavy atom. The van der Waals surface area contributed by atoms with E-state index in [0.29, 0.717) is 71.2 Å². The minimum absolute atomic E-state index is 0.0122. The average molecular weight is 706 g/mol. The number of nitrogens with one attached hydrogen (secondary N) is 2. The van der Waals surface area contributed by atoms with Crippen LogP contribution in [-0.4, -0.2) is 56.4 Å². The van der Waals surface area contributed by atoms with Crippen LogP contribution in [-0.2, 0) is 28.9 Å². The van der Waals surface area contributed by atoms with Gasteiger partial charge in [0.1, 0.15) is 5.75 Å². The van der Waals surface area contributed by atoms with Gasteiger partial charge >= 0.3 is 0 Å². The molecule has 1 amide bonds. The van der Waals surface area contributed by atoms with Gasteiger partial charge in [0.05, 0.1) is 27.4 Å². The Labute approximate surface area is 300 Å². The number of aliphatic imine (C=N–C) groups is 1. The molecule has 15 heteroatoms. The first-order valence-corrected chi connectivity index (χ1v) is 16.5. The zero-order chi connectivity index (χ0) is 36.8. The predicted octanol–water partition coefficient (Wildman–Crippen LogP) is 6.58. The standard InChI is InChI=1S/C37H39N9O6/c1-49-32-17-12-25(22-33(32)50-2)18-19-40-44-36(48)37(23-27-8-4-6-11-31(27)43-46-39)34(30-10-5-3-9-28(30)24-41-45-38)52-35(42-37)26-13-15-29(16-14-26)51-21-7-20-47/h3-6,8-17,22,34,40,47H,7,18-21,23-24H2,1-2H3,(H,44,48)/t34-,37-/m0/s1.